The van der Waals surface area contributed by atoms with E-state index in [0.29, 0.717) is 27.3 Å². The van der Waals surface area contributed by atoms with Gasteiger partial charge >= 0.3 is 0 Å². The number of nitro benzene ring substituents is 1. The minimum absolute atomic E-state index is 0.0208. The molecule has 4 rings (SSSR count). The number of benzene rings is 2. The molecule has 0 radical (unpaired) electrons. The van der Waals surface area contributed by atoms with E-state index in [0.717, 1.165) is 4.70 Å². The zero-order valence-electron chi connectivity index (χ0n) is 13.4. The summed E-state index contributed by atoms with van der Waals surface area (Å²) in [4.78, 5) is 15.0. The molecule has 0 fully saturated rings. The third-order valence-electron chi connectivity index (χ3n) is 3.86. The number of ether oxygens (including phenoxy) is 1. The molecule has 0 saturated carbocycles. The number of aromatic amines is 1. The van der Waals surface area contributed by atoms with Crippen LogP contribution in [-0.4, -0.2) is 27.2 Å². The number of halogens is 1. The Bertz CT molecular complexity index is 1140. The van der Waals surface area contributed by atoms with E-state index in [9.17, 15) is 14.5 Å². The number of nitrogens with zero attached hydrogens (tertiary/aromatic N) is 3. The van der Waals surface area contributed by atoms with Crippen molar-refractivity contribution >= 4 is 27.2 Å². The number of rotatable bonds is 4. The van der Waals surface area contributed by atoms with Gasteiger partial charge in [0.1, 0.15) is 10.7 Å². The lowest BCUT2D eigenvalue weighted by Gasteiger charge is -2.00. The van der Waals surface area contributed by atoms with Crippen LogP contribution in [-0.2, 0) is 0 Å². The van der Waals surface area contributed by atoms with Crippen LogP contribution < -0.4 is 4.74 Å². The number of nitrogens with one attached hydrogen (secondary N) is 1. The minimum Gasteiger partial charge on any atom is -0.494 e. The summed E-state index contributed by atoms with van der Waals surface area (Å²) >= 11 is 1.36. The quantitative estimate of drug-likeness (QED) is 0.424. The van der Waals surface area contributed by atoms with Crippen LogP contribution in [0.1, 0.15) is 0 Å². The van der Waals surface area contributed by atoms with Gasteiger partial charge in [0.15, 0.2) is 11.6 Å². The van der Waals surface area contributed by atoms with Gasteiger partial charge in [-0.1, -0.05) is 12.1 Å². The first-order valence-corrected chi connectivity index (χ1v) is 8.31. The molecule has 1 N–H and O–H groups in total. The van der Waals surface area contributed by atoms with Crippen molar-refractivity contribution in [3.05, 3.63) is 58.5 Å². The molecule has 0 saturated heterocycles. The molecule has 0 spiro atoms. The van der Waals surface area contributed by atoms with Gasteiger partial charge in [-0.05, 0) is 0 Å². The van der Waals surface area contributed by atoms with E-state index in [1.807, 2.05) is 0 Å². The average Bonchev–Trinajstić information content (AvgIpc) is 3.27. The molecule has 0 atom stereocenters. The summed E-state index contributed by atoms with van der Waals surface area (Å²) < 4.78 is 19.7. The molecule has 4 aromatic rings. The number of nitro groups is 1. The molecule has 7 nitrogen and oxygen atoms in total. The highest BCUT2D eigenvalue weighted by Crippen LogP contribution is 2.37. The molecular formula is C17H11FN4O3S. The van der Waals surface area contributed by atoms with E-state index in [1.54, 1.807) is 24.4 Å². The molecule has 26 heavy (non-hydrogen) atoms. The zero-order valence-corrected chi connectivity index (χ0v) is 14.2. The van der Waals surface area contributed by atoms with Gasteiger partial charge in [-0.15, -0.1) is 11.3 Å². The summed E-state index contributed by atoms with van der Waals surface area (Å²) in [6.07, 6.45) is 1.67. The lowest BCUT2D eigenvalue weighted by Crippen LogP contribution is -1.89. The number of aromatic nitrogens is 3. The molecule has 2 heterocycles. The molecule has 0 amide bonds. The molecule has 130 valence electrons. The van der Waals surface area contributed by atoms with E-state index < -0.39 is 10.7 Å². The standard InChI is InChI=1S/C17H11FN4O3S/c1-25-14-7-15-13(6-12(14)18)20-17(26-15)11-8-19-21-16(11)9-3-2-4-10(5-9)22(23)24/h2-8H,1H3,(H,19,21). The van der Waals surface area contributed by atoms with Gasteiger partial charge in [0.05, 0.1) is 27.8 Å². The normalized spacial score (nSPS) is 11.0. The minimum atomic E-state index is -0.483. The summed E-state index contributed by atoms with van der Waals surface area (Å²) in [5, 5.41) is 18.6. The highest BCUT2D eigenvalue weighted by Gasteiger charge is 2.18. The van der Waals surface area contributed by atoms with Crippen molar-refractivity contribution in [3.8, 4) is 27.6 Å². The van der Waals surface area contributed by atoms with Crippen molar-refractivity contribution in [1.29, 1.82) is 0 Å². The lowest BCUT2D eigenvalue weighted by atomic mass is 10.1. The maximum absolute atomic E-state index is 13.9. The van der Waals surface area contributed by atoms with Crippen molar-refractivity contribution in [3.63, 3.8) is 0 Å². The molecule has 0 aliphatic rings. The molecule has 0 bridgehead atoms. The number of fused-ring (bicyclic) bond motifs is 1. The second kappa shape index (κ2) is 6.19. The van der Waals surface area contributed by atoms with Crippen molar-refractivity contribution in [2.24, 2.45) is 0 Å². The van der Waals surface area contributed by atoms with E-state index in [4.69, 9.17) is 4.74 Å². The number of hydrogen-bond donors (Lipinski definition) is 1. The molecule has 2 aromatic heterocycles. The zero-order chi connectivity index (χ0) is 18.3. The van der Waals surface area contributed by atoms with Crippen molar-refractivity contribution in [1.82, 2.24) is 15.2 Å². The van der Waals surface area contributed by atoms with E-state index in [1.165, 1.54) is 36.6 Å². The number of non-ortho nitro benzene ring substituents is 1. The summed E-state index contributed by atoms with van der Waals surface area (Å²) in [5.41, 5.74) is 2.31. The fourth-order valence-electron chi connectivity index (χ4n) is 2.64. The second-order valence-corrected chi connectivity index (χ2v) is 6.46. The van der Waals surface area contributed by atoms with Gasteiger partial charge in [-0.2, -0.15) is 5.10 Å². The van der Waals surface area contributed by atoms with Crippen LogP contribution in [0.15, 0.2) is 42.6 Å². The number of thiazole rings is 1. The van der Waals surface area contributed by atoms with Crippen molar-refractivity contribution in [2.45, 2.75) is 0 Å². The summed E-state index contributed by atoms with van der Waals surface area (Å²) in [6.45, 7) is 0. The summed E-state index contributed by atoms with van der Waals surface area (Å²) in [5.74, 6) is -0.332. The largest absolute Gasteiger partial charge is 0.494 e. The van der Waals surface area contributed by atoms with E-state index in [2.05, 4.69) is 15.2 Å². The van der Waals surface area contributed by atoms with Crippen LogP contribution in [0.4, 0.5) is 10.1 Å². The van der Waals surface area contributed by atoms with Crippen LogP contribution in [0.5, 0.6) is 5.75 Å². The number of hydrogen-bond acceptors (Lipinski definition) is 6. The van der Waals surface area contributed by atoms with Crippen LogP contribution in [0.2, 0.25) is 0 Å². The smallest absolute Gasteiger partial charge is 0.270 e. The van der Waals surface area contributed by atoms with Crippen LogP contribution in [0.3, 0.4) is 0 Å². The Morgan fingerprint density at radius 2 is 2.15 bits per heavy atom. The first-order valence-electron chi connectivity index (χ1n) is 7.50. The highest BCUT2D eigenvalue weighted by molar-refractivity contribution is 7.21. The summed E-state index contributed by atoms with van der Waals surface area (Å²) in [6, 6.07) is 9.13. The predicted molar refractivity (Wildman–Crippen MR) is 95.8 cm³/mol. The number of methoxy groups -OCH3 is 1. The lowest BCUT2D eigenvalue weighted by molar-refractivity contribution is -0.384. The molecule has 0 unspecified atom stereocenters. The van der Waals surface area contributed by atoms with Crippen molar-refractivity contribution < 1.29 is 14.1 Å². The second-order valence-electron chi connectivity index (χ2n) is 5.43. The first-order chi connectivity index (χ1) is 12.6. The Kier molecular flexibility index (Phi) is 3.85. The average molecular weight is 370 g/mol. The Balaban J connectivity index is 1.83. The monoisotopic (exact) mass is 370 g/mol. The van der Waals surface area contributed by atoms with Gasteiger partial charge < -0.3 is 4.74 Å². The maximum Gasteiger partial charge on any atom is 0.270 e. The Hall–Kier alpha value is -3.33. The third kappa shape index (κ3) is 2.68. The predicted octanol–water partition coefficient (Wildman–Crippen LogP) is 4.41. The van der Waals surface area contributed by atoms with Crippen LogP contribution >= 0.6 is 11.3 Å². The third-order valence-corrected chi connectivity index (χ3v) is 4.91. The van der Waals surface area contributed by atoms with Gasteiger partial charge in [-0.3, -0.25) is 15.2 Å². The van der Waals surface area contributed by atoms with Gasteiger partial charge in [0, 0.05) is 36.0 Å². The van der Waals surface area contributed by atoms with E-state index >= 15 is 0 Å². The van der Waals surface area contributed by atoms with Crippen LogP contribution in [0.25, 0.3) is 32.0 Å². The molecule has 0 aliphatic heterocycles. The highest BCUT2D eigenvalue weighted by atomic mass is 32.1. The molecule has 9 heteroatoms. The summed E-state index contributed by atoms with van der Waals surface area (Å²) in [7, 11) is 1.41. The van der Waals surface area contributed by atoms with Gasteiger partial charge in [-0.25, -0.2) is 9.37 Å². The van der Waals surface area contributed by atoms with Crippen LogP contribution in [0, 0.1) is 15.9 Å². The number of H-pyrrole nitrogens is 1. The Morgan fingerprint density at radius 1 is 1.31 bits per heavy atom. The topological polar surface area (TPSA) is 93.9 Å². The van der Waals surface area contributed by atoms with Gasteiger partial charge in [0.25, 0.3) is 5.69 Å². The Labute approximate surface area is 150 Å². The van der Waals surface area contributed by atoms with Crippen molar-refractivity contribution in [2.75, 3.05) is 7.11 Å². The van der Waals surface area contributed by atoms with E-state index in [-0.39, 0.29) is 11.4 Å². The first kappa shape index (κ1) is 16.2. The molecular weight excluding hydrogens is 359 g/mol. The molecule has 2 aromatic carbocycles. The fourth-order valence-corrected chi connectivity index (χ4v) is 3.63. The fraction of sp³-hybridized carbons (Fsp3) is 0.0588. The Morgan fingerprint density at radius 3 is 2.92 bits per heavy atom. The molecule has 0 aliphatic carbocycles. The van der Waals surface area contributed by atoms with Gasteiger partial charge in [0.2, 0.25) is 0 Å². The maximum atomic E-state index is 13.9. The SMILES string of the molecule is COc1cc2sc(-c3c[nH]nc3-c3cccc([N+](=O)[O-])c3)nc2cc1F.